The Morgan fingerprint density at radius 3 is 0.908 bits per heavy atom. The van der Waals surface area contributed by atoms with E-state index in [0.29, 0.717) is 93.0 Å². The maximum absolute atomic E-state index is 14.5. The summed E-state index contributed by atoms with van der Waals surface area (Å²) in [7, 11) is 0. The second kappa shape index (κ2) is 34.0. The van der Waals surface area contributed by atoms with Crippen LogP contribution in [0.5, 0.6) is 0 Å². The molecule has 12 aromatic rings. The van der Waals surface area contributed by atoms with E-state index in [1.54, 1.807) is 56.0 Å². The average Bonchev–Trinajstić information content (AvgIpc) is 1.63. The molecule has 120 heavy (non-hydrogen) atoms. The molecule has 8 unspecified atom stereocenters. The van der Waals surface area contributed by atoms with Gasteiger partial charge < -0.3 is 74.0 Å². The summed E-state index contributed by atoms with van der Waals surface area (Å²) in [4.78, 5) is 57.8. The molecule has 0 radical (unpaired) electrons. The number of β-amino-alcohol motifs (C(OH)–C–C–N with tert-alkyl or cyclic N) is 2. The molecule has 20 rings (SSSR count). The summed E-state index contributed by atoms with van der Waals surface area (Å²) in [5.41, 5.74) is 29.9. The Kier molecular flexibility index (Phi) is 22.8. The minimum absolute atomic E-state index is 0.00767. The van der Waals surface area contributed by atoms with Crippen LogP contribution in [0.1, 0.15) is 170 Å². The van der Waals surface area contributed by atoms with Crippen molar-refractivity contribution in [2.24, 2.45) is 0 Å². The van der Waals surface area contributed by atoms with Crippen LogP contribution in [0.25, 0.3) is 0 Å². The second-order valence-corrected chi connectivity index (χ2v) is 32.2. The van der Waals surface area contributed by atoms with Crippen LogP contribution in [0.3, 0.4) is 0 Å². The summed E-state index contributed by atoms with van der Waals surface area (Å²) < 4.78 is 84.7. The van der Waals surface area contributed by atoms with Gasteiger partial charge in [0.25, 0.3) is 0 Å². The molecule has 8 aromatic heterocycles. The molecule has 8 atom stereocenters. The van der Waals surface area contributed by atoms with Gasteiger partial charge in [-0.05, 0) is 124 Å². The Balaban J connectivity index is 0.000000114. The molecular weight excluding hydrogens is 1650 g/mol. The van der Waals surface area contributed by atoms with E-state index in [1.807, 2.05) is 24.3 Å². The number of nitrogens with one attached hydrogen (secondary N) is 8. The number of aromatic nitrogens is 20. The minimum Gasteiger partial charge on any atom is -0.391 e. The molecule has 4 saturated heterocycles. The number of aliphatic hydroxyl groups excluding tert-OH is 2. The van der Waals surface area contributed by atoms with Gasteiger partial charge in [0, 0.05) is 128 Å². The molecule has 44 heteroatoms. The van der Waals surface area contributed by atoms with Gasteiger partial charge in [0.05, 0.1) is 49.5 Å². The molecular formula is C76H78Cl4F6N32O2. The number of H-pyrrole nitrogens is 4. The number of halogens is 10. The molecule has 34 nitrogen and oxygen atoms in total. The molecule has 0 spiro atoms. The van der Waals surface area contributed by atoms with Gasteiger partial charge in [0.2, 0.25) is 71.4 Å². The van der Waals surface area contributed by atoms with Crippen molar-refractivity contribution in [1.29, 1.82) is 0 Å². The molecule has 4 aliphatic carbocycles. The molecule has 0 amide bonds. The van der Waals surface area contributed by atoms with Gasteiger partial charge in [-0.1, -0.05) is 70.7 Å². The number of nitrogens with zero attached hydrogens (tertiary/aromatic N) is 20. The molecule has 624 valence electrons. The van der Waals surface area contributed by atoms with Crippen molar-refractivity contribution >= 4 is 141 Å². The van der Waals surface area contributed by atoms with E-state index in [0.717, 1.165) is 74.1 Å². The van der Waals surface area contributed by atoms with E-state index in [4.69, 9.17) is 69.3 Å². The fraction of sp³-hybridized carbons (Fsp3) is 0.368. The zero-order chi connectivity index (χ0) is 83.3. The van der Waals surface area contributed by atoms with Crippen LogP contribution in [0.15, 0.2) is 97.1 Å². The molecule has 18 N–H and O–H groups in total. The predicted molar refractivity (Wildman–Crippen MR) is 439 cm³/mol. The number of benzene rings is 4. The predicted octanol–water partition coefficient (Wildman–Crippen LogP) is 13.6. The van der Waals surface area contributed by atoms with Gasteiger partial charge in [-0.3, -0.25) is 20.4 Å². The Hall–Kier alpha value is -12.0. The normalized spacial score (nSPS) is 21.2. The topological polar surface area (TPSA) is 475 Å². The van der Waals surface area contributed by atoms with E-state index >= 15 is 0 Å². The summed E-state index contributed by atoms with van der Waals surface area (Å²) >= 11 is 24.2. The molecule has 4 saturated carbocycles. The zero-order valence-corrected chi connectivity index (χ0v) is 66.4. The van der Waals surface area contributed by atoms with Gasteiger partial charge >= 0.3 is 0 Å². The Morgan fingerprint density at radius 2 is 0.617 bits per heavy atom. The number of aromatic amines is 4. The molecule has 12 heterocycles. The SMILES string of the molecule is Nc1nc(Nc2cc(C3CC3)[nH]n2)nc(N2CC(F)CC2c2ccc(Cl)cc2F)n1.Nc1nc(Nc2cc(C3CC3)[nH]n2)nc(N2CC(F)CC2c2ccc(F)cc2Cl)n1.Nc1nc(Nc2cc(C3CC3)[nH]n2)nc(N2CC(O)CC2c2ccc(Cl)cc2F)n1.Nc1nc(Nc2cc(C3CC3)[nH]n2)nc(N2CC(O)CC2c2ccc(F)cc2Cl)n1. The Bertz CT molecular complexity index is 5040. The summed E-state index contributed by atoms with van der Waals surface area (Å²) in [6, 6.07) is 22.9. The van der Waals surface area contributed by atoms with E-state index in [-0.39, 0.29) is 126 Å². The number of hydrogen-bond acceptors (Lipinski definition) is 30. The fourth-order valence-electron chi connectivity index (χ4n) is 15.1. The third kappa shape index (κ3) is 19.0. The van der Waals surface area contributed by atoms with Crippen LogP contribution in [0.4, 0.5) is 121 Å². The quantitative estimate of drug-likeness (QED) is 0.0315. The van der Waals surface area contributed by atoms with Crippen molar-refractivity contribution in [3.8, 4) is 0 Å². The number of aliphatic hydroxyl groups is 2. The van der Waals surface area contributed by atoms with Crippen molar-refractivity contribution in [2.75, 3.05) is 90.0 Å². The van der Waals surface area contributed by atoms with Crippen molar-refractivity contribution in [1.82, 2.24) is 101 Å². The van der Waals surface area contributed by atoms with Gasteiger partial charge in [-0.25, -0.2) is 26.3 Å². The summed E-state index contributed by atoms with van der Waals surface area (Å²) in [5.74, 6) is 4.39. The standard InChI is InChI=1S/2C19H19ClF2N8.2C19H20ClFN8O/c20-13-5-10(21)3-4-12(13)15-6-11(22)8-30(15)19-26-17(23)25-18(27-19)24-16-7-14(28-29-16)9-1-2-9;20-10-3-4-12(13(22)5-10)15-6-11(21)8-30(15)19-26-17(23)25-18(27-19)24-16-7-14(28-29-16)9-1-2-9;20-13-5-10(21)3-4-12(13)15-6-11(30)8-29(15)19-25-17(22)24-18(26-19)23-16-7-14(27-28-16)9-1-2-9;20-10-3-4-12(13(21)5-10)15-6-11(30)8-29(15)19-25-17(22)24-18(26-19)23-16-7-14(27-28-16)9-1-2-9/h2*3-5,7,9,11,15H,1-2,6,8H2,(H4,23,24,25,26,27,28,29);2*3-5,7,9,11,15,30H,1-2,6,8H2,(H4,22,23,24,25,26,27,28). The molecule has 8 aliphatic rings. The van der Waals surface area contributed by atoms with Gasteiger partial charge in [-0.15, -0.1) is 0 Å². The highest BCUT2D eigenvalue weighted by Gasteiger charge is 2.42. The van der Waals surface area contributed by atoms with Crippen LogP contribution in [0.2, 0.25) is 20.1 Å². The number of alkyl halides is 2. The Labute approximate surface area is 699 Å². The van der Waals surface area contributed by atoms with Crippen LogP contribution in [-0.4, -0.2) is 162 Å². The maximum Gasteiger partial charge on any atom is 0.235 e. The average molecular weight is 1730 g/mol. The molecule has 0 bridgehead atoms. The number of anilines is 16. The van der Waals surface area contributed by atoms with Crippen LogP contribution >= 0.6 is 46.4 Å². The number of rotatable bonds is 20. The molecule has 4 aromatic carbocycles. The first-order valence-electron chi connectivity index (χ1n) is 38.7. The van der Waals surface area contributed by atoms with E-state index in [2.05, 4.69) is 122 Å². The first-order valence-corrected chi connectivity index (χ1v) is 40.2. The highest BCUT2D eigenvalue weighted by Crippen LogP contribution is 2.47. The summed E-state index contributed by atoms with van der Waals surface area (Å²) in [5, 5.41) is 62.6. The Morgan fingerprint density at radius 1 is 0.342 bits per heavy atom. The molecule has 4 aliphatic heterocycles. The molecule has 8 fully saturated rings. The van der Waals surface area contributed by atoms with Crippen molar-refractivity contribution in [3.63, 3.8) is 0 Å². The second-order valence-electron chi connectivity index (χ2n) is 30.5. The van der Waals surface area contributed by atoms with Crippen LogP contribution in [0, 0.1) is 23.3 Å². The maximum atomic E-state index is 14.5. The highest BCUT2D eigenvalue weighted by atomic mass is 35.5. The number of nitrogen functional groups attached to an aromatic ring is 4. The van der Waals surface area contributed by atoms with Gasteiger partial charge in [-0.2, -0.15) is 80.2 Å². The number of nitrogens with two attached hydrogens (primary N) is 4. The van der Waals surface area contributed by atoms with E-state index < -0.39 is 65.9 Å². The van der Waals surface area contributed by atoms with Crippen molar-refractivity contribution in [2.45, 2.75) is 149 Å². The number of hydrogen-bond donors (Lipinski definition) is 14. The van der Waals surface area contributed by atoms with Crippen molar-refractivity contribution in [3.05, 3.63) is 185 Å². The summed E-state index contributed by atoms with van der Waals surface area (Å²) in [6.07, 6.45) is 6.71. The fourth-order valence-corrected chi connectivity index (χ4v) is 16.0. The third-order valence-corrected chi connectivity index (χ3v) is 22.5. The lowest BCUT2D eigenvalue weighted by atomic mass is 10.0. The van der Waals surface area contributed by atoms with Crippen LogP contribution < -0.4 is 63.8 Å². The summed E-state index contributed by atoms with van der Waals surface area (Å²) in [6.45, 7) is 0.610. The van der Waals surface area contributed by atoms with E-state index in [9.17, 15) is 36.6 Å². The van der Waals surface area contributed by atoms with Gasteiger partial charge in [0.15, 0.2) is 23.3 Å². The lowest BCUT2D eigenvalue weighted by Gasteiger charge is -2.25. The lowest BCUT2D eigenvalue weighted by molar-refractivity contribution is 0.193. The smallest absolute Gasteiger partial charge is 0.235 e. The van der Waals surface area contributed by atoms with Crippen molar-refractivity contribution < 1.29 is 36.6 Å². The third-order valence-electron chi connectivity index (χ3n) is 21.4. The van der Waals surface area contributed by atoms with Crippen LogP contribution in [-0.2, 0) is 0 Å². The zero-order valence-electron chi connectivity index (χ0n) is 63.4. The minimum atomic E-state index is -1.16. The first kappa shape index (κ1) is 80.4. The largest absolute Gasteiger partial charge is 0.391 e. The van der Waals surface area contributed by atoms with Gasteiger partial charge in [0.1, 0.15) is 35.6 Å². The van der Waals surface area contributed by atoms with E-state index in [1.165, 1.54) is 36.4 Å². The first-order chi connectivity index (χ1) is 57.8. The highest BCUT2D eigenvalue weighted by molar-refractivity contribution is 6.32. The lowest BCUT2D eigenvalue weighted by Crippen LogP contribution is -2.27. The monoisotopic (exact) mass is 1720 g/mol.